The fourth-order valence-electron chi connectivity index (χ4n) is 5.46. The zero-order chi connectivity index (χ0) is 27.1. The van der Waals surface area contributed by atoms with E-state index in [2.05, 4.69) is 88.3 Å². The minimum absolute atomic E-state index is 0.445. The Morgan fingerprint density at radius 3 is 2.48 bits per heavy atom. The van der Waals surface area contributed by atoms with Crippen molar-refractivity contribution in [3.8, 4) is 39.8 Å². The van der Waals surface area contributed by atoms with Gasteiger partial charge in [0.15, 0.2) is 5.69 Å². The van der Waals surface area contributed by atoms with Crippen LogP contribution in [0.2, 0.25) is 0 Å². The number of para-hydroxylation sites is 1. The summed E-state index contributed by atoms with van der Waals surface area (Å²) in [4.78, 5) is 3.60. The Hall–Kier alpha value is -5.84. The molecule has 0 radical (unpaired) electrons. The molecule has 0 aliphatic carbocycles. The Bertz CT molecular complexity index is 2080. The smallest absolute Gasteiger partial charge is 0.190 e. The summed E-state index contributed by atoms with van der Waals surface area (Å²) in [6, 6.07) is 37.0. The highest BCUT2D eigenvalue weighted by Crippen LogP contribution is 2.39. The highest BCUT2D eigenvalue weighted by Gasteiger charge is 2.16. The van der Waals surface area contributed by atoms with E-state index in [0.29, 0.717) is 11.3 Å². The van der Waals surface area contributed by atoms with Crippen molar-refractivity contribution in [3.05, 3.63) is 144 Å². The summed E-state index contributed by atoms with van der Waals surface area (Å²) >= 11 is 0. The predicted molar refractivity (Wildman–Crippen MR) is 161 cm³/mol. The molecule has 0 fully saturated rings. The zero-order valence-corrected chi connectivity index (χ0v) is 21.4. The Morgan fingerprint density at radius 1 is 0.725 bits per heavy atom. The number of allylic oxidation sites excluding steroid dienone is 2. The second-order valence-electron chi connectivity index (χ2n) is 9.69. The predicted octanol–water partition coefficient (Wildman–Crippen LogP) is 9.46. The number of rotatable bonds is 2. The number of hydrogen-bond donors (Lipinski definition) is 0. The number of nitrogens with zero attached hydrogens (tertiary/aromatic N) is 3. The first-order valence-corrected chi connectivity index (χ1v) is 12.9. The third-order valence-electron chi connectivity index (χ3n) is 7.28. The first kappa shape index (κ1) is 23.3. The monoisotopic (exact) mass is 511 g/mol. The normalized spacial score (nSPS) is 13.6. The Labute approximate surface area is 231 Å². The van der Waals surface area contributed by atoms with Crippen molar-refractivity contribution in [2.75, 3.05) is 0 Å². The molecule has 186 valence electrons. The van der Waals surface area contributed by atoms with Crippen LogP contribution in [0.5, 0.6) is 5.75 Å². The number of fused-ring (bicyclic) bond motifs is 7. The molecule has 40 heavy (non-hydrogen) atoms. The van der Waals surface area contributed by atoms with E-state index >= 15 is 0 Å². The lowest BCUT2D eigenvalue weighted by Crippen LogP contribution is -1.94. The van der Waals surface area contributed by atoms with Crippen LogP contribution in [0.1, 0.15) is 11.1 Å². The number of hydrogen-bond acceptors (Lipinski definition) is 2. The third kappa shape index (κ3) is 3.93. The van der Waals surface area contributed by atoms with Crippen LogP contribution in [0.15, 0.2) is 122 Å². The van der Waals surface area contributed by atoms with Crippen molar-refractivity contribution >= 4 is 33.6 Å². The number of aromatic nitrogens is 1. The molecule has 1 aromatic heterocycles. The molecule has 4 nitrogen and oxygen atoms in total. The molecule has 0 unspecified atom stereocenters. The van der Waals surface area contributed by atoms with Gasteiger partial charge in [0.2, 0.25) is 0 Å². The van der Waals surface area contributed by atoms with Gasteiger partial charge in [0, 0.05) is 27.6 Å². The Morgan fingerprint density at radius 2 is 1.57 bits per heavy atom. The van der Waals surface area contributed by atoms with E-state index in [1.165, 1.54) is 0 Å². The van der Waals surface area contributed by atoms with Gasteiger partial charge >= 0.3 is 0 Å². The topological polar surface area (TPSA) is 42.3 Å². The summed E-state index contributed by atoms with van der Waals surface area (Å²) in [5.41, 5.74) is 9.20. The molecule has 1 aliphatic heterocycles. The molecular formula is C36H21N3O. The molecule has 0 saturated heterocycles. The van der Waals surface area contributed by atoms with Crippen LogP contribution in [0.25, 0.3) is 60.7 Å². The lowest BCUT2D eigenvalue weighted by atomic mass is 9.96. The molecule has 0 amide bonds. The average Bonchev–Trinajstić information content (AvgIpc) is 3.34. The summed E-state index contributed by atoms with van der Waals surface area (Å²) in [5.74, 6) is 0.804. The summed E-state index contributed by atoms with van der Waals surface area (Å²) in [6.07, 6.45) is 7.65. The fourth-order valence-corrected chi connectivity index (χ4v) is 5.46. The van der Waals surface area contributed by atoms with Crippen LogP contribution in [0, 0.1) is 17.9 Å². The second kappa shape index (κ2) is 9.48. The largest absolute Gasteiger partial charge is 0.464 e. The number of ether oxygens (including phenoxy) is 1. The van der Waals surface area contributed by atoms with Gasteiger partial charge < -0.3 is 9.30 Å². The van der Waals surface area contributed by atoms with Crippen molar-refractivity contribution in [1.29, 1.82) is 5.26 Å². The Kier molecular flexibility index (Phi) is 5.52. The Balaban J connectivity index is 1.42. The number of nitriles is 1. The molecule has 7 rings (SSSR count). The zero-order valence-electron chi connectivity index (χ0n) is 21.4. The highest BCUT2D eigenvalue weighted by molar-refractivity contribution is 6.10. The molecule has 0 atom stereocenters. The fraction of sp³-hybridized carbons (Fsp3) is 0. The van der Waals surface area contributed by atoms with Gasteiger partial charge in [0.05, 0.1) is 29.9 Å². The second-order valence-corrected chi connectivity index (χ2v) is 9.69. The number of benzene rings is 5. The van der Waals surface area contributed by atoms with E-state index in [-0.39, 0.29) is 0 Å². The molecule has 5 aromatic carbocycles. The first-order valence-electron chi connectivity index (χ1n) is 12.9. The maximum absolute atomic E-state index is 9.58. The maximum atomic E-state index is 9.58. The van der Waals surface area contributed by atoms with Crippen LogP contribution >= 0.6 is 0 Å². The molecule has 0 spiro atoms. The summed E-state index contributed by atoms with van der Waals surface area (Å²) in [6.45, 7) is 7.52. The van der Waals surface area contributed by atoms with E-state index in [0.717, 1.165) is 61.1 Å². The van der Waals surface area contributed by atoms with Gasteiger partial charge in [-0.1, -0.05) is 60.7 Å². The molecule has 0 saturated carbocycles. The van der Waals surface area contributed by atoms with Crippen LogP contribution < -0.4 is 4.74 Å². The van der Waals surface area contributed by atoms with Crippen molar-refractivity contribution < 1.29 is 4.74 Å². The third-order valence-corrected chi connectivity index (χ3v) is 7.28. The standard InChI is InChI=1S/C36H21N3O/c1-38-29-18-25(23-37)19-30(22-29)39-34-11-3-2-10-31(34)33-21-26(12-14-35(33)39)27-13-15-36-32(20-27)28-9-6-8-24(17-28)7-4-5-16-40-36/h2-22H/b7-4-,16-5+. The van der Waals surface area contributed by atoms with E-state index in [1.807, 2.05) is 42.5 Å². The van der Waals surface area contributed by atoms with E-state index in [4.69, 9.17) is 11.3 Å². The SMILES string of the molecule is [C-]#[N+]c1cc(C#N)cc(-n2c3ccccc3c3cc(-c4ccc5c(c4)-c4cccc(c4)/C=C\C=C\O5)ccc32)c1. The van der Waals surface area contributed by atoms with E-state index in [1.54, 1.807) is 12.3 Å². The molecular weight excluding hydrogens is 490 g/mol. The van der Waals surface area contributed by atoms with Crippen LogP contribution in [-0.2, 0) is 0 Å². The summed E-state index contributed by atoms with van der Waals surface area (Å²) in [5, 5.41) is 11.8. The van der Waals surface area contributed by atoms with Crippen LogP contribution in [0.4, 0.5) is 5.69 Å². The molecule has 2 bridgehead atoms. The van der Waals surface area contributed by atoms with Crippen LogP contribution in [0.3, 0.4) is 0 Å². The van der Waals surface area contributed by atoms with E-state index in [9.17, 15) is 5.26 Å². The van der Waals surface area contributed by atoms with Gasteiger partial charge in [-0.15, -0.1) is 0 Å². The molecule has 4 heteroatoms. The quantitative estimate of drug-likeness (QED) is 0.217. The van der Waals surface area contributed by atoms with Gasteiger partial charge in [-0.3, -0.25) is 0 Å². The summed E-state index contributed by atoms with van der Waals surface area (Å²) in [7, 11) is 0. The lowest BCUT2D eigenvalue weighted by Gasteiger charge is -2.13. The molecule has 2 heterocycles. The lowest BCUT2D eigenvalue weighted by molar-refractivity contribution is 0.483. The molecule has 6 aromatic rings. The van der Waals surface area contributed by atoms with Gasteiger partial charge in [-0.05, 0) is 82.9 Å². The average molecular weight is 512 g/mol. The summed E-state index contributed by atoms with van der Waals surface area (Å²) < 4.78 is 8.13. The van der Waals surface area contributed by atoms with Crippen molar-refractivity contribution in [2.24, 2.45) is 0 Å². The minimum atomic E-state index is 0.445. The first-order chi connectivity index (χ1) is 19.7. The van der Waals surface area contributed by atoms with Crippen molar-refractivity contribution in [1.82, 2.24) is 4.57 Å². The molecule has 0 N–H and O–H groups in total. The van der Waals surface area contributed by atoms with Crippen molar-refractivity contribution in [2.45, 2.75) is 0 Å². The molecule has 1 aliphatic rings. The van der Waals surface area contributed by atoms with Crippen LogP contribution in [-0.4, -0.2) is 4.57 Å². The maximum Gasteiger partial charge on any atom is 0.190 e. The minimum Gasteiger partial charge on any atom is -0.464 e. The van der Waals surface area contributed by atoms with Crippen molar-refractivity contribution in [3.63, 3.8) is 0 Å². The van der Waals surface area contributed by atoms with Gasteiger partial charge in [0.25, 0.3) is 0 Å². The van der Waals surface area contributed by atoms with Gasteiger partial charge in [0.1, 0.15) is 5.75 Å². The van der Waals surface area contributed by atoms with E-state index < -0.39 is 0 Å². The van der Waals surface area contributed by atoms with Gasteiger partial charge in [-0.25, -0.2) is 4.85 Å². The van der Waals surface area contributed by atoms with Gasteiger partial charge in [-0.2, -0.15) is 5.26 Å². The highest BCUT2D eigenvalue weighted by atomic mass is 16.5.